The van der Waals surface area contributed by atoms with E-state index in [0.29, 0.717) is 31.7 Å². The van der Waals surface area contributed by atoms with E-state index in [1.54, 1.807) is 17.0 Å². The van der Waals surface area contributed by atoms with Crippen LogP contribution in [0.15, 0.2) is 42.5 Å². The molecule has 140 valence electrons. The highest BCUT2D eigenvalue weighted by Crippen LogP contribution is 2.24. The second-order valence-electron chi connectivity index (χ2n) is 6.41. The number of nitrogens with two attached hydrogens (primary N) is 1. The van der Waals surface area contributed by atoms with Gasteiger partial charge in [0, 0.05) is 49.1 Å². The van der Waals surface area contributed by atoms with E-state index in [0.717, 1.165) is 5.69 Å². The average molecular weight is 368 g/mol. The summed E-state index contributed by atoms with van der Waals surface area (Å²) in [6.07, 6.45) is 0. The molecule has 1 amide bonds. The summed E-state index contributed by atoms with van der Waals surface area (Å²) in [7, 11) is 0. The number of rotatable bonds is 4. The Bertz CT molecular complexity index is 887. The third kappa shape index (κ3) is 3.89. The van der Waals surface area contributed by atoms with Crippen molar-refractivity contribution < 1.29 is 14.5 Å². The van der Waals surface area contributed by atoms with E-state index < -0.39 is 4.92 Å². The lowest BCUT2D eigenvalue weighted by Gasteiger charge is -2.36. The fraction of sp³-hybridized carbons (Fsp3) is 0.263. The van der Waals surface area contributed by atoms with Gasteiger partial charge in [0.25, 0.3) is 11.6 Å². The molecule has 1 aliphatic heterocycles. The van der Waals surface area contributed by atoms with E-state index in [-0.39, 0.29) is 28.6 Å². The third-order valence-corrected chi connectivity index (χ3v) is 4.68. The molecule has 0 aliphatic carbocycles. The molecule has 1 fully saturated rings. The summed E-state index contributed by atoms with van der Waals surface area (Å²) in [5.74, 6) is -0.223. The van der Waals surface area contributed by atoms with Gasteiger partial charge in [0.2, 0.25) is 0 Å². The molecule has 3 rings (SSSR count). The molecule has 1 heterocycles. The zero-order chi connectivity index (χ0) is 19.6. The first kappa shape index (κ1) is 18.4. The first-order valence-corrected chi connectivity index (χ1v) is 8.56. The van der Waals surface area contributed by atoms with E-state index >= 15 is 0 Å². The summed E-state index contributed by atoms with van der Waals surface area (Å²) in [5.41, 5.74) is 7.28. The van der Waals surface area contributed by atoms with Crippen LogP contribution in [0.1, 0.15) is 27.6 Å². The van der Waals surface area contributed by atoms with Gasteiger partial charge >= 0.3 is 0 Å². The van der Waals surface area contributed by atoms with E-state index in [9.17, 15) is 19.7 Å². The lowest BCUT2D eigenvalue weighted by atomic mass is 10.1. The molecule has 0 spiro atoms. The maximum Gasteiger partial charge on any atom is 0.292 e. The van der Waals surface area contributed by atoms with Crippen molar-refractivity contribution in [2.24, 2.45) is 0 Å². The second-order valence-corrected chi connectivity index (χ2v) is 6.41. The van der Waals surface area contributed by atoms with Gasteiger partial charge in [-0.1, -0.05) is 0 Å². The summed E-state index contributed by atoms with van der Waals surface area (Å²) in [6.45, 7) is 3.82. The molecule has 0 atom stereocenters. The number of carbonyl (C=O) groups excluding carboxylic acids is 2. The van der Waals surface area contributed by atoms with Crippen LogP contribution >= 0.6 is 0 Å². The minimum absolute atomic E-state index is 0.0227. The number of nitrogens with zero attached hydrogens (tertiary/aromatic N) is 3. The molecule has 1 saturated heterocycles. The lowest BCUT2D eigenvalue weighted by molar-refractivity contribution is -0.383. The number of Topliss-reactive ketones (excluding diaryl/α,β-unsaturated/α-hetero) is 1. The maximum atomic E-state index is 12.7. The number of benzene rings is 2. The van der Waals surface area contributed by atoms with Gasteiger partial charge in [-0.15, -0.1) is 0 Å². The smallest absolute Gasteiger partial charge is 0.292 e. The number of nitro benzene ring substituents is 1. The summed E-state index contributed by atoms with van der Waals surface area (Å²) in [6, 6.07) is 11.5. The molecule has 0 radical (unpaired) electrons. The van der Waals surface area contributed by atoms with Crippen LogP contribution in [-0.2, 0) is 0 Å². The number of hydrogen-bond donors (Lipinski definition) is 1. The minimum Gasteiger partial charge on any atom is -0.393 e. The van der Waals surface area contributed by atoms with Gasteiger partial charge in [-0.25, -0.2) is 0 Å². The highest BCUT2D eigenvalue weighted by atomic mass is 16.6. The first-order valence-electron chi connectivity index (χ1n) is 8.56. The molecule has 2 N–H and O–H groups in total. The van der Waals surface area contributed by atoms with Gasteiger partial charge in [-0.05, 0) is 43.3 Å². The molecule has 2 aromatic carbocycles. The summed E-state index contributed by atoms with van der Waals surface area (Å²) in [4.78, 5) is 38.3. The van der Waals surface area contributed by atoms with Gasteiger partial charge in [-0.3, -0.25) is 19.7 Å². The number of anilines is 2. The molecule has 0 bridgehead atoms. The van der Waals surface area contributed by atoms with E-state index in [4.69, 9.17) is 5.73 Å². The van der Waals surface area contributed by atoms with Gasteiger partial charge in [0.1, 0.15) is 5.69 Å². The van der Waals surface area contributed by atoms with Crippen LogP contribution in [0.2, 0.25) is 0 Å². The van der Waals surface area contributed by atoms with Crippen molar-refractivity contribution in [1.29, 1.82) is 0 Å². The quantitative estimate of drug-likeness (QED) is 0.384. The molecule has 8 heteroatoms. The summed E-state index contributed by atoms with van der Waals surface area (Å²) < 4.78 is 0. The Balaban J connectivity index is 1.66. The van der Waals surface area contributed by atoms with E-state index in [1.165, 1.54) is 25.1 Å². The number of carbonyl (C=O) groups is 2. The van der Waals surface area contributed by atoms with Crippen LogP contribution < -0.4 is 10.6 Å². The van der Waals surface area contributed by atoms with Crippen LogP contribution in [0.25, 0.3) is 0 Å². The molecular weight excluding hydrogens is 348 g/mol. The monoisotopic (exact) mass is 368 g/mol. The third-order valence-electron chi connectivity index (χ3n) is 4.68. The van der Waals surface area contributed by atoms with Crippen molar-refractivity contribution in [2.45, 2.75) is 6.92 Å². The number of nitro groups is 1. The molecule has 27 heavy (non-hydrogen) atoms. The number of ketones is 1. The SMILES string of the molecule is CC(=O)c1ccc(N2CCN(C(=O)c3ccc(N)c([N+](=O)[O-])c3)CC2)cc1. The Kier molecular flexibility index (Phi) is 5.07. The van der Waals surface area contributed by atoms with Crippen LogP contribution in [-0.4, -0.2) is 47.7 Å². The van der Waals surface area contributed by atoms with Crippen molar-refractivity contribution in [1.82, 2.24) is 4.90 Å². The van der Waals surface area contributed by atoms with Crippen LogP contribution in [0, 0.1) is 10.1 Å². The predicted molar refractivity (Wildman–Crippen MR) is 102 cm³/mol. The number of amides is 1. The Morgan fingerprint density at radius 2 is 1.59 bits per heavy atom. The minimum atomic E-state index is -0.589. The highest BCUT2D eigenvalue weighted by Gasteiger charge is 2.24. The van der Waals surface area contributed by atoms with E-state index in [1.807, 2.05) is 12.1 Å². The zero-order valence-corrected chi connectivity index (χ0v) is 14.9. The maximum absolute atomic E-state index is 12.7. The normalized spacial score (nSPS) is 14.1. The number of hydrogen-bond acceptors (Lipinski definition) is 6. The van der Waals surface area contributed by atoms with Crippen LogP contribution in [0.5, 0.6) is 0 Å². The second kappa shape index (κ2) is 7.45. The Morgan fingerprint density at radius 3 is 2.15 bits per heavy atom. The van der Waals surface area contributed by atoms with Crippen molar-refractivity contribution in [3.63, 3.8) is 0 Å². The molecular formula is C19H20N4O4. The predicted octanol–water partition coefficient (Wildman–Crippen LogP) is 2.34. The lowest BCUT2D eigenvalue weighted by Crippen LogP contribution is -2.48. The fourth-order valence-corrected chi connectivity index (χ4v) is 3.09. The Morgan fingerprint density at radius 1 is 1.00 bits per heavy atom. The fourth-order valence-electron chi connectivity index (χ4n) is 3.09. The zero-order valence-electron chi connectivity index (χ0n) is 14.9. The summed E-state index contributed by atoms with van der Waals surface area (Å²) >= 11 is 0. The average Bonchev–Trinajstić information content (AvgIpc) is 2.68. The van der Waals surface area contributed by atoms with Gasteiger partial charge in [0.05, 0.1) is 4.92 Å². The van der Waals surface area contributed by atoms with Crippen LogP contribution in [0.3, 0.4) is 0 Å². The number of nitrogen functional groups attached to an aromatic ring is 1. The molecule has 0 unspecified atom stereocenters. The van der Waals surface area contributed by atoms with Crippen molar-refractivity contribution in [3.05, 3.63) is 63.7 Å². The largest absolute Gasteiger partial charge is 0.393 e. The Hall–Kier alpha value is -3.42. The van der Waals surface area contributed by atoms with Gasteiger partial charge in [-0.2, -0.15) is 0 Å². The number of piperazine rings is 1. The summed E-state index contributed by atoms with van der Waals surface area (Å²) in [5, 5.41) is 11.0. The van der Waals surface area contributed by atoms with E-state index in [2.05, 4.69) is 4.90 Å². The highest BCUT2D eigenvalue weighted by molar-refractivity contribution is 5.96. The molecule has 1 aliphatic rings. The first-order chi connectivity index (χ1) is 12.9. The van der Waals surface area contributed by atoms with Gasteiger partial charge < -0.3 is 15.5 Å². The van der Waals surface area contributed by atoms with Crippen molar-refractivity contribution >= 4 is 28.8 Å². The van der Waals surface area contributed by atoms with Crippen molar-refractivity contribution in [3.8, 4) is 0 Å². The Labute approximate surface area is 156 Å². The topological polar surface area (TPSA) is 110 Å². The molecule has 0 saturated carbocycles. The molecule has 0 aromatic heterocycles. The van der Waals surface area contributed by atoms with Gasteiger partial charge in [0.15, 0.2) is 5.78 Å². The molecule has 8 nitrogen and oxygen atoms in total. The van der Waals surface area contributed by atoms with Crippen LogP contribution in [0.4, 0.5) is 17.1 Å². The standard InChI is InChI=1S/C19H20N4O4/c1-13(24)14-2-5-16(6-3-14)21-8-10-22(11-9-21)19(25)15-4-7-17(20)18(12-15)23(26)27/h2-7,12H,8-11,20H2,1H3. The molecule has 2 aromatic rings. The van der Waals surface area contributed by atoms with Crippen molar-refractivity contribution in [2.75, 3.05) is 36.8 Å².